The number of hydrogen-bond donors (Lipinski definition) is 1. The van der Waals surface area contributed by atoms with E-state index in [-0.39, 0.29) is 0 Å². The third kappa shape index (κ3) is 2.13. The van der Waals surface area contributed by atoms with Gasteiger partial charge in [0.05, 0.1) is 13.4 Å². The molecule has 1 unspecified atom stereocenters. The average Bonchev–Trinajstić information content (AvgIpc) is 2.81. The molecule has 2 rings (SSSR count). The Morgan fingerprint density at radius 1 is 1.38 bits per heavy atom. The van der Waals surface area contributed by atoms with E-state index < -0.39 is 6.10 Å². The number of rotatable bonds is 3. The van der Waals surface area contributed by atoms with Gasteiger partial charge in [0.15, 0.2) is 0 Å². The molecular formula is C12H11BrO3. The summed E-state index contributed by atoms with van der Waals surface area (Å²) < 4.78 is 11.0. The van der Waals surface area contributed by atoms with Crippen molar-refractivity contribution < 1.29 is 14.3 Å². The van der Waals surface area contributed by atoms with Crippen molar-refractivity contribution >= 4 is 15.9 Å². The van der Waals surface area contributed by atoms with Crippen molar-refractivity contribution in [3.8, 4) is 5.75 Å². The summed E-state index contributed by atoms with van der Waals surface area (Å²) in [5.74, 6) is 1.26. The fraction of sp³-hybridized carbons (Fsp3) is 0.167. The van der Waals surface area contributed by atoms with Gasteiger partial charge in [-0.05, 0) is 24.3 Å². The smallest absolute Gasteiger partial charge is 0.138 e. The van der Waals surface area contributed by atoms with Crippen LogP contribution in [0.5, 0.6) is 5.75 Å². The second-order valence-corrected chi connectivity index (χ2v) is 4.16. The number of benzene rings is 1. The number of ether oxygens (including phenoxy) is 1. The van der Waals surface area contributed by atoms with Crippen LogP contribution in [0.1, 0.15) is 17.4 Å². The van der Waals surface area contributed by atoms with Crippen molar-refractivity contribution in [2.24, 2.45) is 0 Å². The predicted octanol–water partition coefficient (Wildman–Crippen LogP) is 3.13. The Balaban J connectivity index is 2.34. The van der Waals surface area contributed by atoms with Crippen LogP contribution < -0.4 is 4.74 Å². The zero-order valence-electron chi connectivity index (χ0n) is 8.68. The first kappa shape index (κ1) is 11.2. The first-order valence-corrected chi connectivity index (χ1v) is 5.56. The maximum Gasteiger partial charge on any atom is 0.138 e. The van der Waals surface area contributed by atoms with Gasteiger partial charge in [-0.25, -0.2) is 0 Å². The molecule has 0 radical (unpaired) electrons. The molecule has 0 aliphatic rings. The SMILES string of the molecule is COc1ccc(C(O)c2ccco2)c(Br)c1. The van der Waals surface area contributed by atoms with Crippen molar-refractivity contribution in [1.82, 2.24) is 0 Å². The molecule has 0 aliphatic carbocycles. The normalized spacial score (nSPS) is 12.4. The van der Waals surface area contributed by atoms with Crippen molar-refractivity contribution in [2.45, 2.75) is 6.10 Å². The van der Waals surface area contributed by atoms with Crippen LogP contribution in [0.15, 0.2) is 45.5 Å². The molecule has 0 amide bonds. The molecule has 0 aliphatic heterocycles. The van der Waals surface area contributed by atoms with Gasteiger partial charge in [-0.15, -0.1) is 0 Å². The lowest BCUT2D eigenvalue weighted by molar-refractivity contribution is 0.188. The Labute approximate surface area is 102 Å². The number of aliphatic hydroxyl groups excluding tert-OH is 1. The first-order valence-electron chi connectivity index (χ1n) is 4.77. The fourth-order valence-corrected chi connectivity index (χ4v) is 2.03. The maximum atomic E-state index is 10.1. The summed E-state index contributed by atoms with van der Waals surface area (Å²) in [7, 11) is 1.60. The highest BCUT2D eigenvalue weighted by Gasteiger charge is 2.16. The van der Waals surface area contributed by atoms with Crippen LogP contribution in [0, 0.1) is 0 Å². The van der Waals surface area contributed by atoms with E-state index in [1.165, 1.54) is 6.26 Å². The quantitative estimate of drug-likeness (QED) is 0.941. The molecule has 0 saturated carbocycles. The zero-order chi connectivity index (χ0) is 11.5. The summed E-state index contributed by atoms with van der Waals surface area (Å²) in [6.45, 7) is 0. The Bertz CT molecular complexity index is 465. The minimum atomic E-state index is -0.768. The number of methoxy groups -OCH3 is 1. The number of halogens is 1. The van der Waals surface area contributed by atoms with Crippen molar-refractivity contribution in [1.29, 1.82) is 0 Å². The van der Waals surface area contributed by atoms with Gasteiger partial charge in [0.2, 0.25) is 0 Å². The van der Waals surface area contributed by atoms with Crippen molar-refractivity contribution in [3.63, 3.8) is 0 Å². The minimum absolute atomic E-state index is 0.519. The molecule has 1 aromatic carbocycles. The Hall–Kier alpha value is -1.26. The molecular weight excluding hydrogens is 272 g/mol. The number of furan rings is 1. The van der Waals surface area contributed by atoms with Crippen LogP contribution in [0.3, 0.4) is 0 Å². The van der Waals surface area contributed by atoms with E-state index in [4.69, 9.17) is 9.15 Å². The van der Waals surface area contributed by atoms with E-state index in [9.17, 15) is 5.11 Å². The van der Waals surface area contributed by atoms with Crippen LogP contribution in [-0.2, 0) is 0 Å². The standard InChI is InChI=1S/C12H11BrO3/c1-15-8-4-5-9(10(13)7-8)12(14)11-3-2-6-16-11/h2-7,12,14H,1H3. The summed E-state index contributed by atoms with van der Waals surface area (Å²) in [5, 5.41) is 10.1. The highest BCUT2D eigenvalue weighted by Crippen LogP contribution is 2.31. The van der Waals surface area contributed by atoms with Crippen molar-refractivity contribution in [2.75, 3.05) is 7.11 Å². The lowest BCUT2D eigenvalue weighted by Gasteiger charge is -2.11. The Morgan fingerprint density at radius 2 is 2.19 bits per heavy atom. The molecule has 84 valence electrons. The van der Waals surface area contributed by atoms with E-state index in [0.29, 0.717) is 5.76 Å². The van der Waals surface area contributed by atoms with Gasteiger partial charge in [-0.2, -0.15) is 0 Å². The summed E-state index contributed by atoms with van der Waals surface area (Å²) in [5.41, 5.74) is 0.746. The Kier molecular flexibility index (Phi) is 3.31. The first-order chi connectivity index (χ1) is 7.72. The van der Waals surface area contributed by atoms with E-state index in [1.807, 2.05) is 6.07 Å². The molecule has 0 saturated heterocycles. The summed E-state index contributed by atoms with van der Waals surface area (Å²) in [4.78, 5) is 0. The summed E-state index contributed by atoms with van der Waals surface area (Å²) >= 11 is 3.39. The zero-order valence-corrected chi connectivity index (χ0v) is 10.3. The molecule has 4 heteroatoms. The largest absolute Gasteiger partial charge is 0.497 e. The molecule has 1 N–H and O–H groups in total. The lowest BCUT2D eigenvalue weighted by Crippen LogP contribution is -1.99. The third-order valence-corrected chi connectivity index (χ3v) is 3.00. The van der Waals surface area contributed by atoms with Gasteiger partial charge >= 0.3 is 0 Å². The molecule has 16 heavy (non-hydrogen) atoms. The highest BCUT2D eigenvalue weighted by atomic mass is 79.9. The van der Waals surface area contributed by atoms with Gasteiger partial charge in [-0.1, -0.05) is 22.0 Å². The molecule has 0 spiro atoms. The summed E-state index contributed by atoms with van der Waals surface area (Å²) in [6, 6.07) is 8.89. The molecule has 0 fully saturated rings. The molecule has 3 nitrogen and oxygen atoms in total. The average molecular weight is 283 g/mol. The van der Waals surface area contributed by atoms with Crippen LogP contribution in [-0.4, -0.2) is 12.2 Å². The molecule has 1 aromatic heterocycles. The monoisotopic (exact) mass is 282 g/mol. The van der Waals surface area contributed by atoms with Crippen molar-refractivity contribution in [3.05, 3.63) is 52.4 Å². The van der Waals surface area contributed by atoms with E-state index >= 15 is 0 Å². The van der Waals surface area contributed by atoms with Gasteiger partial charge in [0.25, 0.3) is 0 Å². The molecule has 0 bridgehead atoms. The third-order valence-electron chi connectivity index (χ3n) is 2.31. The van der Waals surface area contributed by atoms with Gasteiger partial charge in [-0.3, -0.25) is 0 Å². The van der Waals surface area contributed by atoms with Crippen LogP contribution in [0.4, 0.5) is 0 Å². The maximum absolute atomic E-state index is 10.1. The number of hydrogen-bond acceptors (Lipinski definition) is 3. The van der Waals surface area contributed by atoms with Crippen LogP contribution in [0.2, 0.25) is 0 Å². The van der Waals surface area contributed by atoms with Crippen LogP contribution >= 0.6 is 15.9 Å². The summed E-state index contributed by atoms with van der Waals surface area (Å²) in [6.07, 6.45) is 0.769. The van der Waals surface area contributed by atoms with E-state index in [1.54, 1.807) is 31.4 Å². The van der Waals surface area contributed by atoms with Crippen LogP contribution in [0.25, 0.3) is 0 Å². The predicted molar refractivity (Wildman–Crippen MR) is 63.5 cm³/mol. The van der Waals surface area contributed by atoms with Gasteiger partial charge in [0, 0.05) is 10.0 Å². The Morgan fingerprint density at radius 3 is 2.75 bits per heavy atom. The fourth-order valence-electron chi connectivity index (χ4n) is 1.46. The van der Waals surface area contributed by atoms with Gasteiger partial charge in [0.1, 0.15) is 17.6 Å². The highest BCUT2D eigenvalue weighted by molar-refractivity contribution is 9.10. The number of aliphatic hydroxyl groups is 1. The second-order valence-electron chi connectivity index (χ2n) is 3.31. The topological polar surface area (TPSA) is 42.6 Å². The minimum Gasteiger partial charge on any atom is -0.497 e. The molecule has 2 aromatic rings. The van der Waals surface area contributed by atoms with E-state index in [0.717, 1.165) is 15.8 Å². The lowest BCUT2D eigenvalue weighted by atomic mass is 10.1. The van der Waals surface area contributed by atoms with Gasteiger partial charge < -0.3 is 14.3 Å². The molecule has 1 heterocycles. The second kappa shape index (κ2) is 4.72. The molecule has 1 atom stereocenters. The van der Waals surface area contributed by atoms with E-state index in [2.05, 4.69) is 15.9 Å².